The summed E-state index contributed by atoms with van der Waals surface area (Å²) in [6.45, 7) is 6.31. The van der Waals surface area contributed by atoms with E-state index in [1.807, 2.05) is 48.6 Å². The molecule has 0 spiro atoms. The van der Waals surface area contributed by atoms with Crippen LogP contribution in [0.2, 0.25) is 0 Å². The van der Waals surface area contributed by atoms with Gasteiger partial charge in [-0.25, -0.2) is 0 Å². The van der Waals surface area contributed by atoms with Crippen LogP contribution in [-0.2, 0) is 14.3 Å². The molecule has 67 heavy (non-hydrogen) atoms. The lowest BCUT2D eigenvalue weighted by Crippen LogP contribution is -2.46. The Hall–Kier alpha value is -3.22. The third-order valence-electron chi connectivity index (χ3n) is 12.3. The van der Waals surface area contributed by atoms with E-state index in [1.165, 1.54) is 122 Å². The second kappa shape index (κ2) is 53.7. The van der Waals surface area contributed by atoms with Crippen molar-refractivity contribution in [2.45, 2.75) is 270 Å². The van der Waals surface area contributed by atoms with E-state index in [-0.39, 0.29) is 24.9 Å². The molecule has 0 saturated heterocycles. The Morgan fingerprint density at radius 2 is 0.821 bits per heavy atom. The van der Waals surface area contributed by atoms with Crippen LogP contribution in [0.1, 0.15) is 252 Å². The molecule has 6 heteroatoms. The number of nitrogens with one attached hydrogen (secondary N) is 1. The highest BCUT2D eigenvalue weighted by molar-refractivity contribution is 5.77. The lowest BCUT2D eigenvalue weighted by molar-refractivity contribution is -0.151. The summed E-state index contributed by atoms with van der Waals surface area (Å²) in [6.07, 6.45) is 71.9. The van der Waals surface area contributed by atoms with Crippen molar-refractivity contribution in [3.63, 3.8) is 0 Å². The number of carbonyl (C=O) groups excluding carboxylic acids is 2. The molecule has 0 heterocycles. The number of aliphatic hydroxyl groups excluding tert-OH is 2. The average molecular weight is 933 g/mol. The first kappa shape index (κ1) is 63.8. The molecule has 0 rings (SSSR count). The van der Waals surface area contributed by atoms with Crippen LogP contribution in [0, 0.1) is 0 Å². The molecule has 0 aromatic carbocycles. The molecule has 6 nitrogen and oxygen atoms in total. The molecule has 3 N–H and O–H groups in total. The summed E-state index contributed by atoms with van der Waals surface area (Å²) in [4.78, 5) is 26.2. The standard InChI is InChI=1S/C61H105NO5/c1-4-7-10-13-16-19-22-25-27-29-31-33-36-39-42-45-48-51-54-61(66)67-57(52-49-46-43-40-37-34-24-21-18-15-12-9-6-3)55-60(65)62-58(56-63)59(64)53-50-47-44-41-38-35-32-30-28-26-23-20-17-14-11-8-5-2/h9,12,15,18,21-22,24-25,27,29,31,33-34,37,40,43,57-59,63-64H,4-8,10-11,13-14,16-17,19-20,23,26,28,30,32,35-36,38-39,41-42,44-56H2,1-3H3,(H,62,65)/b12-9+,18-15+,24-21-,25-22+,29-27+,33-31+,37-34-,43-40+. The maximum absolute atomic E-state index is 13.2. The number of aliphatic hydroxyl groups is 2. The SMILES string of the molecule is CC/C=C/C=C/C=C\C=C/C=C/CCCC(CC(=O)NC(CO)C(O)CCCCCCCCCCCCCCCCCCC)OC(=O)CCCCCCC/C=C/C=C/C=C/CCCCCCC. The lowest BCUT2D eigenvalue weighted by atomic mass is 10.0. The van der Waals surface area contributed by atoms with Crippen LogP contribution in [0.25, 0.3) is 0 Å². The number of amides is 1. The van der Waals surface area contributed by atoms with Crippen LogP contribution in [0.5, 0.6) is 0 Å². The van der Waals surface area contributed by atoms with E-state index < -0.39 is 18.2 Å². The van der Waals surface area contributed by atoms with Crippen molar-refractivity contribution in [2.75, 3.05) is 6.61 Å². The second-order valence-electron chi connectivity index (χ2n) is 18.8. The molecule has 0 fully saturated rings. The minimum atomic E-state index is -0.817. The van der Waals surface area contributed by atoms with Gasteiger partial charge in [0.05, 0.1) is 25.2 Å². The van der Waals surface area contributed by atoms with Gasteiger partial charge in [-0.15, -0.1) is 0 Å². The highest BCUT2D eigenvalue weighted by atomic mass is 16.5. The number of carbonyl (C=O) groups is 2. The summed E-state index contributed by atoms with van der Waals surface area (Å²) in [5.41, 5.74) is 0. The Labute approximate surface area is 414 Å². The van der Waals surface area contributed by atoms with E-state index in [2.05, 4.69) is 74.7 Å². The molecule has 0 radical (unpaired) electrons. The number of unbranched alkanes of at least 4 members (excludes halogenated alkanes) is 27. The van der Waals surface area contributed by atoms with Crippen molar-refractivity contribution in [1.29, 1.82) is 0 Å². The summed E-state index contributed by atoms with van der Waals surface area (Å²) in [5.74, 6) is -0.572. The number of hydrogen-bond acceptors (Lipinski definition) is 5. The first-order valence-electron chi connectivity index (χ1n) is 28.1. The Bertz CT molecular complexity index is 1320. The van der Waals surface area contributed by atoms with Crippen LogP contribution >= 0.6 is 0 Å². The molecule has 3 unspecified atom stereocenters. The molecule has 0 aromatic heterocycles. The van der Waals surface area contributed by atoms with Gasteiger partial charge >= 0.3 is 5.97 Å². The van der Waals surface area contributed by atoms with E-state index in [9.17, 15) is 19.8 Å². The largest absolute Gasteiger partial charge is 0.462 e. The number of allylic oxidation sites excluding steroid dienone is 16. The zero-order valence-electron chi connectivity index (χ0n) is 43.8. The highest BCUT2D eigenvalue weighted by Gasteiger charge is 2.24. The number of hydrogen-bond donors (Lipinski definition) is 3. The Morgan fingerprint density at radius 3 is 1.25 bits per heavy atom. The van der Waals surface area contributed by atoms with Gasteiger partial charge in [0.1, 0.15) is 6.10 Å². The number of ether oxygens (including phenoxy) is 1. The predicted octanol–water partition coefficient (Wildman–Crippen LogP) is 17.3. The molecule has 0 aliphatic carbocycles. The molecule has 1 amide bonds. The summed E-state index contributed by atoms with van der Waals surface area (Å²) in [5, 5.41) is 23.8. The monoisotopic (exact) mass is 932 g/mol. The summed E-state index contributed by atoms with van der Waals surface area (Å²) >= 11 is 0. The van der Waals surface area contributed by atoms with Gasteiger partial charge in [-0.1, -0.05) is 272 Å². The number of rotatable bonds is 49. The second-order valence-corrected chi connectivity index (χ2v) is 18.8. The fourth-order valence-corrected chi connectivity index (χ4v) is 8.11. The van der Waals surface area contributed by atoms with Gasteiger partial charge in [0.25, 0.3) is 0 Å². The molecule has 3 atom stereocenters. The molecular weight excluding hydrogens is 827 g/mol. The van der Waals surface area contributed by atoms with Crippen LogP contribution in [0.4, 0.5) is 0 Å². The van der Waals surface area contributed by atoms with E-state index in [4.69, 9.17) is 4.74 Å². The van der Waals surface area contributed by atoms with E-state index in [0.29, 0.717) is 19.3 Å². The van der Waals surface area contributed by atoms with Crippen LogP contribution in [0.3, 0.4) is 0 Å². The topological polar surface area (TPSA) is 95.9 Å². The van der Waals surface area contributed by atoms with Crippen molar-refractivity contribution in [2.24, 2.45) is 0 Å². The van der Waals surface area contributed by atoms with Gasteiger partial charge in [-0.05, 0) is 64.2 Å². The van der Waals surface area contributed by atoms with Crippen molar-refractivity contribution in [3.05, 3.63) is 97.2 Å². The first-order chi connectivity index (χ1) is 33.0. The molecule has 0 aromatic rings. The van der Waals surface area contributed by atoms with Crippen molar-refractivity contribution >= 4 is 11.9 Å². The maximum Gasteiger partial charge on any atom is 0.306 e. The third kappa shape index (κ3) is 49.0. The fraction of sp³-hybridized carbons (Fsp3) is 0.705. The lowest BCUT2D eigenvalue weighted by Gasteiger charge is -2.24. The predicted molar refractivity (Wildman–Crippen MR) is 291 cm³/mol. The molecule has 0 aliphatic rings. The van der Waals surface area contributed by atoms with Gasteiger partial charge < -0.3 is 20.3 Å². The van der Waals surface area contributed by atoms with Crippen molar-refractivity contribution in [1.82, 2.24) is 5.32 Å². The van der Waals surface area contributed by atoms with Crippen LogP contribution in [-0.4, -0.2) is 46.9 Å². The smallest absolute Gasteiger partial charge is 0.306 e. The Balaban J connectivity index is 4.64. The molecule has 0 bridgehead atoms. The minimum Gasteiger partial charge on any atom is -0.462 e. The third-order valence-corrected chi connectivity index (χ3v) is 12.3. The normalized spacial score (nSPS) is 13.9. The molecular formula is C61H105NO5. The van der Waals surface area contributed by atoms with Crippen LogP contribution < -0.4 is 5.32 Å². The summed E-state index contributed by atoms with van der Waals surface area (Å²) < 4.78 is 5.90. The maximum atomic E-state index is 13.2. The Morgan fingerprint density at radius 1 is 0.448 bits per heavy atom. The van der Waals surface area contributed by atoms with E-state index >= 15 is 0 Å². The Kier molecular flexibility index (Phi) is 51.1. The van der Waals surface area contributed by atoms with Crippen molar-refractivity contribution in [3.8, 4) is 0 Å². The van der Waals surface area contributed by atoms with Crippen molar-refractivity contribution < 1.29 is 24.5 Å². The fourth-order valence-electron chi connectivity index (χ4n) is 8.11. The zero-order chi connectivity index (χ0) is 48.8. The van der Waals surface area contributed by atoms with Gasteiger partial charge in [-0.3, -0.25) is 9.59 Å². The van der Waals surface area contributed by atoms with E-state index in [0.717, 1.165) is 83.5 Å². The summed E-state index contributed by atoms with van der Waals surface area (Å²) in [7, 11) is 0. The first-order valence-corrected chi connectivity index (χ1v) is 28.1. The zero-order valence-corrected chi connectivity index (χ0v) is 43.8. The van der Waals surface area contributed by atoms with Crippen LogP contribution in [0.15, 0.2) is 97.2 Å². The molecule has 0 aliphatic heterocycles. The minimum absolute atomic E-state index is 0.0155. The molecule has 0 saturated carbocycles. The van der Waals surface area contributed by atoms with Gasteiger partial charge in [0, 0.05) is 6.42 Å². The molecule has 384 valence electrons. The average Bonchev–Trinajstić information content (AvgIpc) is 3.32. The quantitative estimate of drug-likeness (QED) is 0.0321. The summed E-state index contributed by atoms with van der Waals surface area (Å²) in [6, 6.07) is -0.735. The van der Waals surface area contributed by atoms with Gasteiger partial charge in [0.15, 0.2) is 0 Å². The van der Waals surface area contributed by atoms with Gasteiger partial charge in [-0.2, -0.15) is 0 Å². The van der Waals surface area contributed by atoms with Gasteiger partial charge in [0.2, 0.25) is 5.91 Å². The number of esters is 1. The highest BCUT2D eigenvalue weighted by Crippen LogP contribution is 2.17. The van der Waals surface area contributed by atoms with E-state index in [1.54, 1.807) is 0 Å².